The number of thioether (sulfide) groups is 1. The van der Waals surface area contributed by atoms with E-state index >= 15 is 0 Å². The molecule has 0 bridgehead atoms. The number of ether oxygens (including phenoxy) is 2. The molecule has 3 atom stereocenters. The average Bonchev–Trinajstić information content (AvgIpc) is 3.06. The Morgan fingerprint density at radius 1 is 0.867 bits per heavy atom. The van der Waals surface area contributed by atoms with Gasteiger partial charge in [-0.2, -0.15) is 0 Å². The van der Waals surface area contributed by atoms with E-state index in [9.17, 15) is 41.8 Å². The minimum absolute atomic E-state index is 0.0110. The summed E-state index contributed by atoms with van der Waals surface area (Å²) in [6.07, 6.45) is 0.00858. The van der Waals surface area contributed by atoms with E-state index in [2.05, 4.69) is 10.3 Å². The number of benzene rings is 3. The third-order valence-electron chi connectivity index (χ3n) is 6.90. The molecule has 4 aromatic rings. The first kappa shape index (κ1) is 32.0. The SMILES string of the molecule is O=C(O)c1cccnc1SC[C@H]1C[C@@H](c2ccc(CO)cc2)O[C@@H](c2ccc(NC(=O)c3c(F)c(F)c(F)c(F)c3F)cc2)O1. The number of halogens is 5. The number of aromatic nitrogens is 1. The summed E-state index contributed by atoms with van der Waals surface area (Å²) in [6, 6.07) is 15.7. The molecule has 3 aromatic carbocycles. The fourth-order valence-electron chi connectivity index (χ4n) is 4.58. The number of aliphatic hydroxyl groups excluding tert-OH is 1. The van der Waals surface area contributed by atoms with Crippen LogP contribution in [0.2, 0.25) is 0 Å². The molecule has 1 saturated heterocycles. The van der Waals surface area contributed by atoms with Crippen molar-refractivity contribution >= 4 is 29.3 Å². The third kappa shape index (κ3) is 6.99. The Labute approximate surface area is 256 Å². The number of carboxylic acid groups (broad SMARTS) is 1. The van der Waals surface area contributed by atoms with Crippen molar-refractivity contribution in [2.24, 2.45) is 0 Å². The molecule has 8 nitrogen and oxygen atoms in total. The predicted octanol–water partition coefficient (Wildman–Crippen LogP) is 6.56. The zero-order chi connectivity index (χ0) is 32.2. The predicted molar refractivity (Wildman–Crippen MR) is 151 cm³/mol. The van der Waals surface area contributed by atoms with Crippen LogP contribution in [0.5, 0.6) is 0 Å². The largest absolute Gasteiger partial charge is 0.478 e. The zero-order valence-corrected chi connectivity index (χ0v) is 23.8. The maximum Gasteiger partial charge on any atom is 0.338 e. The summed E-state index contributed by atoms with van der Waals surface area (Å²) in [7, 11) is 0. The summed E-state index contributed by atoms with van der Waals surface area (Å²) >= 11 is 1.20. The molecule has 0 spiro atoms. The molecule has 2 heterocycles. The zero-order valence-electron chi connectivity index (χ0n) is 23.0. The van der Waals surface area contributed by atoms with E-state index in [1.165, 1.54) is 54.4 Å². The maximum absolute atomic E-state index is 14.1. The first-order chi connectivity index (χ1) is 21.6. The number of aromatic carboxylic acids is 1. The number of aliphatic hydroxyl groups is 1. The van der Waals surface area contributed by atoms with Gasteiger partial charge in [0.2, 0.25) is 5.82 Å². The Bertz CT molecular complexity index is 1700. The van der Waals surface area contributed by atoms with Gasteiger partial charge in [0.1, 0.15) is 10.6 Å². The first-order valence-electron chi connectivity index (χ1n) is 13.3. The highest BCUT2D eigenvalue weighted by molar-refractivity contribution is 7.99. The summed E-state index contributed by atoms with van der Waals surface area (Å²) in [6.45, 7) is -0.139. The molecule has 1 aliphatic heterocycles. The van der Waals surface area contributed by atoms with E-state index in [1.54, 1.807) is 12.1 Å². The van der Waals surface area contributed by atoms with Gasteiger partial charge in [-0.1, -0.05) is 36.4 Å². The van der Waals surface area contributed by atoms with E-state index in [0.717, 1.165) is 5.56 Å². The van der Waals surface area contributed by atoms with Gasteiger partial charge in [0.05, 0.1) is 24.4 Å². The summed E-state index contributed by atoms with van der Waals surface area (Å²) < 4.78 is 81.1. The summed E-state index contributed by atoms with van der Waals surface area (Å²) in [5.41, 5.74) is 0.387. The van der Waals surface area contributed by atoms with Gasteiger partial charge < -0.3 is 25.0 Å². The van der Waals surface area contributed by atoms with Gasteiger partial charge in [-0.25, -0.2) is 31.7 Å². The van der Waals surface area contributed by atoms with Gasteiger partial charge in [-0.15, -0.1) is 11.8 Å². The van der Waals surface area contributed by atoms with Crippen LogP contribution in [0.1, 0.15) is 56.2 Å². The van der Waals surface area contributed by atoms with Crippen molar-refractivity contribution < 1.29 is 51.2 Å². The summed E-state index contributed by atoms with van der Waals surface area (Å²) in [5, 5.41) is 21.3. The Kier molecular flexibility index (Phi) is 9.77. The molecule has 1 aliphatic rings. The second-order valence-corrected chi connectivity index (χ2v) is 10.9. The van der Waals surface area contributed by atoms with Gasteiger partial charge in [0.25, 0.3) is 5.91 Å². The smallest absolute Gasteiger partial charge is 0.338 e. The van der Waals surface area contributed by atoms with Crippen LogP contribution in [0, 0.1) is 29.1 Å². The molecule has 0 saturated carbocycles. The number of nitrogens with one attached hydrogen (secondary N) is 1. The van der Waals surface area contributed by atoms with Crippen LogP contribution in [0.4, 0.5) is 27.6 Å². The molecule has 0 aliphatic carbocycles. The van der Waals surface area contributed by atoms with Crippen molar-refractivity contribution in [2.45, 2.75) is 36.6 Å². The fourth-order valence-corrected chi connectivity index (χ4v) is 5.59. The van der Waals surface area contributed by atoms with E-state index < -0.39 is 65.0 Å². The Balaban J connectivity index is 1.35. The monoisotopic (exact) mass is 646 g/mol. The number of rotatable bonds is 9. The van der Waals surface area contributed by atoms with E-state index in [1.807, 2.05) is 12.1 Å². The normalized spacial score (nSPS) is 18.0. The lowest BCUT2D eigenvalue weighted by molar-refractivity contribution is -0.245. The molecule has 234 valence electrons. The highest BCUT2D eigenvalue weighted by atomic mass is 32.2. The van der Waals surface area contributed by atoms with Crippen molar-refractivity contribution in [1.82, 2.24) is 4.98 Å². The molecule has 0 unspecified atom stereocenters. The topological polar surface area (TPSA) is 118 Å². The van der Waals surface area contributed by atoms with Crippen LogP contribution in [0.25, 0.3) is 0 Å². The fraction of sp³-hybridized carbons (Fsp3) is 0.194. The van der Waals surface area contributed by atoms with Gasteiger partial charge >= 0.3 is 5.97 Å². The van der Waals surface area contributed by atoms with Gasteiger partial charge in [-0.05, 0) is 35.4 Å². The van der Waals surface area contributed by atoms with Crippen LogP contribution >= 0.6 is 11.8 Å². The average molecular weight is 647 g/mol. The minimum atomic E-state index is -2.37. The molecular weight excluding hydrogens is 623 g/mol. The number of carboxylic acids is 1. The van der Waals surface area contributed by atoms with Crippen LogP contribution in [0.3, 0.4) is 0 Å². The lowest BCUT2D eigenvalue weighted by Gasteiger charge is -2.36. The molecule has 1 amide bonds. The Morgan fingerprint density at radius 2 is 1.49 bits per heavy atom. The molecule has 45 heavy (non-hydrogen) atoms. The lowest BCUT2D eigenvalue weighted by Crippen LogP contribution is -2.31. The van der Waals surface area contributed by atoms with Gasteiger partial charge in [0.15, 0.2) is 29.6 Å². The second kappa shape index (κ2) is 13.7. The highest BCUT2D eigenvalue weighted by Crippen LogP contribution is 2.40. The van der Waals surface area contributed by atoms with E-state index in [0.29, 0.717) is 28.3 Å². The van der Waals surface area contributed by atoms with Crippen LogP contribution < -0.4 is 5.32 Å². The number of pyridine rings is 1. The summed E-state index contributed by atoms with van der Waals surface area (Å²) in [4.78, 5) is 28.2. The second-order valence-electron chi connectivity index (χ2n) is 9.84. The van der Waals surface area contributed by atoms with Crippen molar-refractivity contribution in [1.29, 1.82) is 0 Å². The van der Waals surface area contributed by atoms with E-state index in [-0.39, 0.29) is 17.9 Å². The standard InChI is InChI=1S/C31H23F5N2O6S/c32-23-22(24(33)26(35)27(36)25(23)34)28(40)38-18-9-7-17(8-10-18)31-43-19(14-45-29-20(30(41)42)2-1-11-37-29)12-21(44-31)16-5-3-15(13-39)4-6-16/h1-11,19,21,31,39H,12-14H2,(H,38,40)(H,41,42)/t19-,21+,31+/m1/s1. The quantitative estimate of drug-likeness (QED) is 0.0811. The van der Waals surface area contributed by atoms with Crippen molar-refractivity contribution in [3.63, 3.8) is 0 Å². The number of hydrogen-bond acceptors (Lipinski definition) is 7. The van der Waals surface area contributed by atoms with E-state index in [4.69, 9.17) is 9.47 Å². The number of anilines is 1. The maximum atomic E-state index is 14.1. The Hall–Kier alpha value is -4.37. The molecule has 14 heteroatoms. The van der Waals surface area contributed by atoms with Crippen molar-refractivity contribution in [3.05, 3.63) is 124 Å². The number of nitrogens with zero attached hydrogens (tertiary/aromatic N) is 1. The lowest BCUT2D eigenvalue weighted by atomic mass is 10.0. The molecule has 1 aromatic heterocycles. The van der Waals surface area contributed by atoms with Crippen LogP contribution in [0.15, 0.2) is 71.9 Å². The summed E-state index contributed by atoms with van der Waals surface area (Å²) in [5.74, 6) is -13.7. The van der Waals surface area contributed by atoms with Crippen LogP contribution in [-0.4, -0.2) is 38.9 Å². The molecule has 0 radical (unpaired) electrons. The highest BCUT2D eigenvalue weighted by Gasteiger charge is 2.33. The number of carbonyl (C=O) groups is 2. The number of hydrogen-bond donors (Lipinski definition) is 3. The molecular formula is C31H23F5N2O6S. The number of carbonyl (C=O) groups excluding carboxylic acids is 1. The number of amides is 1. The molecule has 3 N–H and O–H groups in total. The molecule has 5 rings (SSSR count). The van der Waals surface area contributed by atoms with Crippen molar-refractivity contribution in [3.8, 4) is 0 Å². The Morgan fingerprint density at radius 3 is 2.11 bits per heavy atom. The van der Waals surface area contributed by atoms with Crippen molar-refractivity contribution in [2.75, 3.05) is 11.1 Å². The van der Waals surface area contributed by atoms with Crippen LogP contribution in [-0.2, 0) is 16.1 Å². The first-order valence-corrected chi connectivity index (χ1v) is 14.3. The molecule has 1 fully saturated rings. The third-order valence-corrected chi connectivity index (χ3v) is 8.04. The minimum Gasteiger partial charge on any atom is -0.478 e. The van der Waals surface area contributed by atoms with Gasteiger partial charge in [0, 0.05) is 29.6 Å². The van der Waals surface area contributed by atoms with Gasteiger partial charge in [-0.3, -0.25) is 4.79 Å².